The standard InChI is InChI=1S/C29H40N8O4/c1-18(2)10-14-37-24-9-8-20-15-21(24)27(33-37)28(39)30-11-6-13-36(12-5-7-26(38)32-20)29(40)23-16-25(41-34-23)22-17-31-35(4)19(22)3/h16-18,20H,5-15H2,1-4H3,(H,30,39)(H,32,38). The van der Waals surface area contributed by atoms with E-state index in [1.54, 1.807) is 21.8 Å². The molecule has 1 aliphatic heterocycles. The number of hydrogen-bond donors (Lipinski definition) is 2. The fourth-order valence-corrected chi connectivity index (χ4v) is 5.57. The molecule has 3 amide bonds. The Morgan fingerprint density at radius 3 is 2.76 bits per heavy atom. The molecule has 5 rings (SSSR count). The molecule has 12 nitrogen and oxygen atoms in total. The topological polar surface area (TPSA) is 140 Å². The van der Waals surface area contributed by atoms with Gasteiger partial charge in [0, 0.05) is 68.7 Å². The molecule has 4 heterocycles. The van der Waals surface area contributed by atoms with Crippen LogP contribution in [0.3, 0.4) is 0 Å². The van der Waals surface area contributed by atoms with E-state index in [0.29, 0.717) is 62.7 Å². The molecule has 0 spiro atoms. The minimum absolute atomic E-state index is 0.0448. The number of fused-ring (bicyclic) bond motifs is 1. The van der Waals surface area contributed by atoms with Crippen LogP contribution >= 0.6 is 0 Å². The van der Waals surface area contributed by atoms with Gasteiger partial charge in [0.2, 0.25) is 5.91 Å². The normalized spacial score (nSPS) is 18.6. The average molecular weight is 565 g/mol. The Balaban J connectivity index is 1.31. The third-order valence-electron chi connectivity index (χ3n) is 8.08. The van der Waals surface area contributed by atoms with Crippen molar-refractivity contribution in [1.29, 1.82) is 0 Å². The molecule has 1 aliphatic carbocycles. The Hall–Kier alpha value is -3.96. The number of aromatic nitrogens is 5. The first-order valence-corrected chi connectivity index (χ1v) is 14.6. The summed E-state index contributed by atoms with van der Waals surface area (Å²) in [5, 5.41) is 19.2. The molecule has 2 aliphatic rings. The minimum Gasteiger partial charge on any atom is -0.355 e. The van der Waals surface area contributed by atoms with Crippen molar-refractivity contribution in [3.63, 3.8) is 0 Å². The van der Waals surface area contributed by atoms with E-state index >= 15 is 0 Å². The van der Waals surface area contributed by atoms with Crippen molar-refractivity contribution in [2.45, 2.75) is 78.3 Å². The maximum Gasteiger partial charge on any atom is 0.276 e. The first-order chi connectivity index (χ1) is 19.7. The lowest BCUT2D eigenvalue weighted by Gasteiger charge is -2.25. The molecule has 2 bridgehead atoms. The number of rotatable bonds is 5. The summed E-state index contributed by atoms with van der Waals surface area (Å²) in [6.45, 7) is 8.24. The molecule has 41 heavy (non-hydrogen) atoms. The van der Waals surface area contributed by atoms with E-state index in [1.807, 2.05) is 18.7 Å². The second-order valence-electron chi connectivity index (χ2n) is 11.5. The van der Waals surface area contributed by atoms with Crippen LogP contribution in [-0.2, 0) is 31.2 Å². The molecule has 0 aromatic carbocycles. The number of nitrogens with zero attached hydrogens (tertiary/aromatic N) is 6. The summed E-state index contributed by atoms with van der Waals surface area (Å²) >= 11 is 0. The molecular weight excluding hydrogens is 524 g/mol. The Bertz CT molecular complexity index is 1420. The van der Waals surface area contributed by atoms with Crippen LogP contribution in [0.1, 0.15) is 83.9 Å². The third kappa shape index (κ3) is 6.36. The smallest absolute Gasteiger partial charge is 0.276 e. The predicted octanol–water partition coefficient (Wildman–Crippen LogP) is 2.66. The maximum atomic E-state index is 13.4. The fraction of sp³-hybridized carbons (Fsp3) is 0.586. The summed E-state index contributed by atoms with van der Waals surface area (Å²) in [7, 11) is 1.84. The molecule has 2 N–H and O–H groups in total. The van der Waals surface area contributed by atoms with Crippen molar-refractivity contribution >= 4 is 17.7 Å². The molecule has 0 saturated heterocycles. The molecule has 12 heteroatoms. The van der Waals surface area contributed by atoms with Crippen LogP contribution in [0.4, 0.5) is 0 Å². The number of aryl methyl sites for hydroxylation is 2. The van der Waals surface area contributed by atoms with Gasteiger partial charge < -0.3 is 20.1 Å². The maximum absolute atomic E-state index is 13.4. The van der Waals surface area contributed by atoms with Gasteiger partial charge in [-0.2, -0.15) is 10.2 Å². The van der Waals surface area contributed by atoms with Crippen molar-refractivity contribution in [2.75, 3.05) is 19.6 Å². The summed E-state index contributed by atoms with van der Waals surface area (Å²) in [6, 6.07) is 1.59. The van der Waals surface area contributed by atoms with Crippen LogP contribution in [0.5, 0.6) is 0 Å². The van der Waals surface area contributed by atoms with Crippen LogP contribution in [0.2, 0.25) is 0 Å². The number of hydrogen-bond acceptors (Lipinski definition) is 7. The van der Waals surface area contributed by atoms with Crippen LogP contribution in [0, 0.1) is 12.8 Å². The van der Waals surface area contributed by atoms with Crippen molar-refractivity contribution in [2.24, 2.45) is 13.0 Å². The first-order valence-electron chi connectivity index (χ1n) is 14.6. The van der Waals surface area contributed by atoms with Gasteiger partial charge in [0.1, 0.15) is 0 Å². The summed E-state index contributed by atoms with van der Waals surface area (Å²) in [6.07, 6.45) is 6.23. The highest BCUT2D eigenvalue weighted by atomic mass is 16.5. The SMILES string of the molecule is Cc1c(-c2cc(C(=O)N3CCCNC(=O)c4nn(CCC(C)C)c5c4CC(CC5)NC(=O)CCC3)no2)cnn1C. The second-order valence-corrected chi connectivity index (χ2v) is 11.5. The molecule has 1 atom stereocenters. The summed E-state index contributed by atoms with van der Waals surface area (Å²) < 4.78 is 9.20. The quantitative estimate of drug-likeness (QED) is 0.486. The van der Waals surface area contributed by atoms with E-state index in [0.717, 1.165) is 48.3 Å². The Morgan fingerprint density at radius 2 is 2.00 bits per heavy atom. The van der Waals surface area contributed by atoms with Crippen LogP contribution in [-0.4, -0.2) is 73.0 Å². The van der Waals surface area contributed by atoms with E-state index < -0.39 is 0 Å². The lowest BCUT2D eigenvalue weighted by atomic mass is 9.91. The molecule has 0 fully saturated rings. The zero-order chi connectivity index (χ0) is 29.1. The largest absolute Gasteiger partial charge is 0.355 e. The van der Waals surface area contributed by atoms with Gasteiger partial charge in [-0.3, -0.25) is 23.7 Å². The van der Waals surface area contributed by atoms with E-state index in [4.69, 9.17) is 9.62 Å². The van der Waals surface area contributed by atoms with Gasteiger partial charge in [-0.15, -0.1) is 0 Å². The first kappa shape index (κ1) is 28.6. The number of nitrogens with one attached hydrogen (secondary N) is 2. The molecule has 220 valence electrons. The summed E-state index contributed by atoms with van der Waals surface area (Å²) in [4.78, 5) is 41.2. The van der Waals surface area contributed by atoms with E-state index in [1.165, 1.54) is 0 Å². The predicted molar refractivity (Wildman–Crippen MR) is 151 cm³/mol. The summed E-state index contributed by atoms with van der Waals surface area (Å²) in [5.41, 5.74) is 4.38. The van der Waals surface area contributed by atoms with Gasteiger partial charge in [0.05, 0.1) is 11.8 Å². The second kappa shape index (κ2) is 12.3. The van der Waals surface area contributed by atoms with Crippen LogP contribution < -0.4 is 10.6 Å². The highest BCUT2D eigenvalue weighted by molar-refractivity contribution is 5.94. The lowest BCUT2D eigenvalue weighted by Crippen LogP contribution is -2.40. The van der Waals surface area contributed by atoms with E-state index in [-0.39, 0.29) is 29.5 Å². The minimum atomic E-state index is -0.274. The number of carbonyl (C=O) groups is 3. The van der Waals surface area contributed by atoms with Crippen LogP contribution in [0.25, 0.3) is 11.3 Å². The van der Waals surface area contributed by atoms with E-state index in [2.05, 4.69) is 34.7 Å². The molecular formula is C29H40N8O4. The molecule has 0 radical (unpaired) electrons. The van der Waals surface area contributed by atoms with Gasteiger partial charge in [0.25, 0.3) is 11.8 Å². The third-order valence-corrected chi connectivity index (χ3v) is 8.08. The Kier molecular flexibility index (Phi) is 8.55. The monoisotopic (exact) mass is 564 g/mol. The van der Waals surface area contributed by atoms with Gasteiger partial charge in [-0.1, -0.05) is 19.0 Å². The summed E-state index contributed by atoms with van der Waals surface area (Å²) in [5.74, 6) is 0.474. The molecule has 1 unspecified atom stereocenters. The highest BCUT2D eigenvalue weighted by Gasteiger charge is 2.30. The van der Waals surface area contributed by atoms with Crippen molar-refractivity contribution in [1.82, 2.24) is 40.3 Å². The van der Waals surface area contributed by atoms with Gasteiger partial charge in [-0.05, 0) is 51.4 Å². The van der Waals surface area contributed by atoms with Gasteiger partial charge in [0.15, 0.2) is 17.1 Å². The fourth-order valence-electron chi connectivity index (χ4n) is 5.57. The van der Waals surface area contributed by atoms with Crippen molar-refractivity contribution < 1.29 is 18.9 Å². The zero-order valence-corrected chi connectivity index (χ0v) is 24.4. The van der Waals surface area contributed by atoms with Crippen molar-refractivity contribution in [3.05, 3.63) is 40.6 Å². The lowest BCUT2D eigenvalue weighted by molar-refractivity contribution is -0.122. The van der Waals surface area contributed by atoms with Crippen molar-refractivity contribution in [3.8, 4) is 11.3 Å². The van der Waals surface area contributed by atoms with Gasteiger partial charge >= 0.3 is 0 Å². The Morgan fingerprint density at radius 1 is 1.20 bits per heavy atom. The molecule has 3 aromatic rings. The number of carbonyl (C=O) groups excluding carboxylic acids is 3. The van der Waals surface area contributed by atoms with Crippen LogP contribution in [0.15, 0.2) is 16.8 Å². The van der Waals surface area contributed by atoms with E-state index in [9.17, 15) is 14.4 Å². The Labute approximate surface area is 239 Å². The average Bonchev–Trinajstić information content (AvgIpc) is 3.65. The molecule has 0 saturated carbocycles. The number of amides is 3. The highest BCUT2D eigenvalue weighted by Crippen LogP contribution is 2.27. The zero-order valence-electron chi connectivity index (χ0n) is 24.4. The molecule has 3 aromatic heterocycles. The van der Waals surface area contributed by atoms with Gasteiger partial charge in [-0.25, -0.2) is 0 Å².